The van der Waals surface area contributed by atoms with Crippen LogP contribution in [0, 0.1) is 0 Å². The van der Waals surface area contributed by atoms with E-state index in [9.17, 15) is 0 Å². The van der Waals surface area contributed by atoms with Crippen molar-refractivity contribution in [3.63, 3.8) is 0 Å². The summed E-state index contributed by atoms with van der Waals surface area (Å²) in [4.78, 5) is 0. The zero-order chi connectivity index (χ0) is 26.1. The summed E-state index contributed by atoms with van der Waals surface area (Å²) in [5.74, 6) is 0. The van der Waals surface area contributed by atoms with Gasteiger partial charge >= 0.3 is 0 Å². The Morgan fingerprint density at radius 2 is 0.548 bits per heavy atom. The summed E-state index contributed by atoms with van der Waals surface area (Å²) < 4.78 is -25.9. The Balaban J connectivity index is 6.84. The normalized spacial score (nSPS) is 17.7. The Morgan fingerprint density at radius 1 is 0.323 bits per heavy atom. The first-order valence-electron chi connectivity index (χ1n) is 6.33. The summed E-state index contributed by atoms with van der Waals surface area (Å²) in [6, 6.07) is 0. The molecule has 31 heavy (non-hydrogen) atoms. The van der Waals surface area contributed by atoms with E-state index in [0.29, 0.717) is 0 Å². The zero-order valence-corrected chi connectivity index (χ0v) is 28.9. The molecule has 0 fully saturated rings. The molecule has 0 bridgehead atoms. The molecule has 0 aromatic heterocycles. The molecule has 0 spiro atoms. The average Bonchev–Trinajstić information content (AvgIpc) is 2.50. The van der Waals surface area contributed by atoms with Gasteiger partial charge in [-0.25, -0.2) is 0 Å². The Kier molecular flexibility index (Phi) is 13.4. The second kappa shape index (κ2) is 11.2. The van der Waals surface area contributed by atoms with Crippen LogP contribution < -0.4 is 0 Å². The topological polar surface area (TPSA) is 0 Å². The fraction of sp³-hybridized carbons (Fsp3) is 1.00. The molecule has 0 aliphatic rings. The lowest BCUT2D eigenvalue weighted by atomic mass is 10.0. The first-order chi connectivity index (χ1) is 12.9. The molecule has 1 atom stereocenters. The third-order valence-corrected chi connectivity index (χ3v) is 16.8. The Hall–Kier alpha value is 6.09. The van der Waals surface area contributed by atoms with E-state index in [-0.39, 0.29) is 0 Å². The lowest BCUT2D eigenvalue weighted by Crippen LogP contribution is -2.71. The maximum absolute atomic E-state index is 6.26. The van der Waals surface area contributed by atoms with Crippen molar-refractivity contribution in [3.8, 4) is 0 Å². The van der Waals surface area contributed by atoms with Crippen LogP contribution in [-0.4, -0.2) is 43.3 Å². The summed E-state index contributed by atoms with van der Waals surface area (Å²) in [7, 11) is 0. The van der Waals surface area contributed by atoms with Crippen LogP contribution in [0.25, 0.3) is 0 Å². The number of hydrogen-bond donors (Lipinski definition) is 0. The summed E-state index contributed by atoms with van der Waals surface area (Å²) in [6.45, 7) is 0. The quantitative estimate of drug-likeness (QED) is 0.224. The second-order valence-electron chi connectivity index (χ2n) is 5.47. The van der Waals surface area contributed by atoms with Crippen LogP contribution in [0.4, 0.5) is 0 Å². The molecule has 1 unspecified atom stereocenters. The highest BCUT2D eigenvalue weighted by molar-refractivity contribution is 6.83. The molecule has 0 nitrogen and oxygen atoms in total. The van der Waals surface area contributed by atoms with E-state index < -0.39 is 43.3 Å². The number of hydrogen-bond acceptors (Lipinski definition) is 0. The average molecular weight is 866 g/mol. The van der Waals surface area contributed by atoms with E-state index in [1.54, 1.807) is 0 Å². The fourth-order valence-electron chi connectivity index (χ4n) is 1.54. The minimum atomic E-state index is -3.12. The molecule has 0 N–H and O–H groups in total. The van der Waals surface area contributed by atoms with E-state index in [0.717, 1.165) is 0 Å². The summed E-state index contributed by atoms with van der Waals surface area (Å²) in [6.07, 6.45) is 0. The molecule has 0 aromatic carbocycles. The highest BCUT2D eigenvalue weighted by Gasteiger charge is 2.81. The van der Waals surface area contributed by atoms with Crippen molar-refractivity contribution in [2.75, 3.05) is 0 Å². The molecule has 0 radical (unpaired) electrons. The van der Waals surface area contributed by atoms with Crippen molar-refractivity contribution in [2.24, 2.45) is 0 Å². The molecule has 0 saturated carbocycles. The minimum absolute atomic E-state index is 1.91. The first-order valence-corrected chi connectivity index (χ1v) is 14.3. The van der Waals surface area contributed by atoms with E-state index >= 15 is 0 Å². The van der Waals surface area contributed by atoms with Crippen LogP contribution in [0.1, 0.15) is 0 Å². The maximum Gasteiger partial charge on any atom is 0.226 e. The molecule has 0 saturated heterocycles. The van der Waals surface area contributed by atoms with Crippen LogP contribution in [0.15, 0.2) is 0 Å². The fourth-order valence-corrected chi connectivity index (χ4v) is 8.00. The van der Waals surface area contributed by atoms with Crippen molar-refractivity contribution in [2.45, 2.75) is 43.3 Å². The minimum Gasteiger partial charge on any atom is -0.115 e. The van der Waals surface area contributed by atoms with Crippen molar-refractivity contribution < 1.29 is 0 Å². The molecule has 0 heterocycles. The van der Waals surface area contributed by atoms with Crippen molar-refractivity contribution in [3.05, 3.63) is 0 Å². The largest absolute Gasteiger partial charge is 0.226 e. The van der Waals surface area contributed by atoms with E-state index in [1.165, 1.54) is 0 Å². The number of alkyl halides is 21. The van der Waals surface area contributed by atoms with Gasteiger partial charge < -0.3 is 0 Å². The second-order valence-corrected chi connectivity index (χ2v) is 19.9. The van der Waals surface area contributed by atoms with Crippen LogP contribution in [0.3, 0.4) is 0 Å². The Bertz CT molecular complexity index is 646. The molecular formula is C10HCl21. The van der Waals surface area contributed by atoms with Crippen LogP contribution >= 0.6 is 244 Å². The van der Waals surface area contributed by atoms with Gasteiger partial charge in [0, 0.05) is 0 Å². The van der Waals surface area contributed by atoms with Gasteiger partial charge in [0.2, 0.25) is 11.9 Å². The lowest BCUT2D eigenvalue weighted by molar-refractivity contribution is 0.446. The van der Waals surface area contributed by atoms with Crippen molar-refractivity contribution in [1.82, 2.24) is 0 Å². The summed E-state index contributed by atoms with van der Waals surface area (Å²) >= 11 is 127. The SMILES string of the molecule is ClC(C(Cl)(Cl)Cl)C(Cl)(Cl)C(Cl)(Cl)C(Cl)(Cl)C(Cl)(Cl)C(Cl)(Cl)C(Cl)(Cl)C(Cl)(Cl)C(Cl)(Cl)Cl. The van der Waals surface area contributed by atoms with Gasteiger partial charge in [0.15, 0.2) is 26.0 Å². The molecule has 0 aliphatic heterocycles. The van der Waals surface area contributed by atoms with Crippen LogP contribution in [0.5, 0.6) is 0 Å². The summed E-state index contributed by atoms with van der Waals surface area (Å²) in [5, 5.41) is -1.91. The third-order valence-electron chi connectivity index (χ3n) is 3.35. The lowest BCUT2D eigenvalue weighted by Gasteiger charge is -2.54. The van der Waals surface area contributed by atoms with Gasteiger partial charge in [0.25, 0.3) is 0 Å². The molecular weight excluding hydrogens is 865 g/mol. The monoisotopic (exact) mass is 855 g/mol. The van der Waals surface area contributed by atoms with Gasteiger partial charge in [0.1, 0.15) is 5.38 Å². The molecule has 0 aromatic rings. The third kappa shape index (κ3) is 6.38. The highest BCUT2D eigenvalue weighted by Crippen LogP contribution is 2.73. The van der Waals surface area contributed by atoms with Gasteiger partial charge in [-0.2, -0.15) is 0 Å². The predicted octanol–water partition coefficient (Wildman–Crippen LogP) is 12.6. The molecule has 21 heteroatoms. The van der Waals surface area contributed by atoms with Gasteiger partial charge in [0.05, 0.1) is 0 Å². The van der Waals surface area contributed by atoms with Crippen molar-refractivity contribution in [1.29, 1.82) is 0 Å². The first kappa shape index (κ1) is 37.1. The Morgan fingerprint density at radius 3 is 0.774 bits per heavy atom. The predicted molar refractivity (Wildman–Crippen MR) is 151 cm³/mol. The zero-order valence-electron chi connectivity index (χ0n) is 13.0. The Labute approximate surface area is 282 Å². The standard InChI is InChI=1S/C10HCl21/c11-1(3(14,15)16)2(12,13)4(17,18)5(19,20)6(21,22)7(23,24)8(25,26)9(27,28)10(29,30)31/h1H. The molecule has 188 valence electrons. The highest BCUT2D eigenvalue weighted by atomic mass is 35.6. The molecule has 0 rings (SSSR count). The maximum atomic E-state index is 6.26. The molecule has 0 amide bonds. The van der Waals surface area contributed by atoms with Gasteiger partial charge in [-0.15, -0.1) is 11.6 Å². The number of rotatable bonds is 7. The smallest absolute Gasteiger partial charge is 0.115 e. The van der Waals surface area contributed by atoms with Crippen LogP contribution in [-0.2, 0) is 0 Å². The van der Waals surface area contributed by atoms with Gasteiger partial charge in [-0.05, 0) is 0 Å². The van der Waals surface area contributed by atoms with E-state index in [2.05, 4.69) is 0 Å². The van der Waals surface area contributed by atoms with E-state index in [4.69, 9.17) is 244 Å². The summed E-state index contributed by atoms with van der Waals surface area (Å²) in [5.41, 5.74) is 0. The van der Waals surface area contributed by atoms with Crippen molar-refractivity contribution >= 4 is 244 Å². The van der Waals surface area contributed by atoms with Gasteiger partial charge in [-0.3, -0.25) is 0 Å². The van der Waals surface area contributed by atoms with E-state index in [1.807, 2.05) is 0 Å². The van der Waals surface area contributed by atoms with Gasteiger partial charge in [-0.1, -0.05) is 232 Å². The molecule has 0 aliphatic carbocycles. The number of halogens is 21. The van der Waals surface area contributed by atoms with Crippen LogP contribution in [0.2, 0.25) is 0 Å².